The van der Waals surface area contributed by atoms with Gasteiger partial charge in [-0.3, -0.25) is 0 Å². The van der Waals surface area contributed by atoms with Crippen molar-refractivity contribution in [3.63, 3.8) is 0 Å². The van der Waals surface area contributed by atoms with Gasteiger partial charge in [0.15, 0.2) is 0 Å². The fourth-order valence-corrected chi connectivity index (χ4v) is 2.30. The molecule has 0 fully saturated rings. The zero-order chi connectivity index (χ0) is 12.7. The fourth-order valence-electron chi connectivity index (χ4n) is 2.30. The van der Waals surface area contributed by atoms with E-state index in [0.717, 1.165) is 5.92 Å². The first-order valence-corrected chi connectivity index (χ1v) is 6.92. The SMILES string of the molecule is CCC(CCCCC(C)C)c1ccc(O)cc1. The molecule has 1 N–H and O–H groups in total. The van der Waals surface area contributed by atoms with Crippen molar-refractivity contribution < 1.29 is 5.11 Å². The lowest BCUT2D eigenvalue weighted by atomic mass is 9.90. The number of hydrogen-bond acceptors (Lipinski definition) is 1. The van der Waals surface area contributed by atoms with Gasteiger partial charge in [-0.25, -0.2) is 0 Å². The Kier molecular flexibility index (Phi) is 6.10. The van der Waals surface area contributed by atoms with Crippen molar-refractivity contribution in [1.29, 1.82) is 0 Å². The molecule has 1 aromatic rings. The lowest BCUT2D eigenvalue weighted by Gasteiger charge is -2.15. The molecule has 1 nitrogen and oxygen atoms in total. The molecule has 0 aliphatic heterocycles. The Balaban J connectivity index is 2.40. The van der Waals surface area contributed by atoms with E-state index >= 15 is 0 Å². The zero-order valence-electron chi connectivity index (χ0n) is 11.4. The maximum atomic E-state index is 9.29. The summed E-state index contributed by atoms with van der Waals surface area (Å²) < 4.78 is 0. The van der Waals surface area contributed by atoms with Crippen LogP contribution >= 0.6 is 0 Å². The van der Waals surface area contributed by atoms with Gasteiger partial charge in [0.2, 0.25) is 0 Å². The molecular weight excluding hydrogens is 208 g/mol. The average Bonchev–Trinajstić information content (AvgIpc) is 2.30. The quantitative estimate of drug-likeness (QED) is 0.650. The summed E-state index contributed by atoms with van der Waals surface area (Å²) in [7, 11) is 0. The van der Waals surface area contributed by atoms with E-state index in [0.29, 0.717) is 11.7 Å². The van der Waals surface area contributed by atoms with Crippen LogP contribution in [0.4, 0.5) is 0 Å². The number of aromatic hydroxyl groups is 1. The molecule has 17 heavy (non-hydrogen) atoms. The third-order valence-electron chi connectivity index (χ3n) is 3.44. The number of benzene rings is 1. The monoisotopic (exact) mass is 234 g/mol. The van der Waals surface area contributed by atoms with E-state index in [4.69, 9.17) is 0 Å². The predicted octanol–water partition coefficient (Wildman–Crippen LogP) is 5.10. The van der Waals surface area contributed by atoms with Crippen molar-refractivity contribution >= 4 is 0 Å². The van der Waals surface area contributed by atoms with E-state index in [-0.39, 0.29) is 0 Å². The molecule has 0 bridgehead atoms. The molecule has 0 radical (unpaired) electrons. The molecule has 1 rings (SSSR count). The minimum absolute atomic E-state index is 0.364. The van der Waals surface area contributed by atoms with Crippen LogP contribution in [-0.2, 0) is 0 Å². The molecule has 0 spiro atoms. The van der Waals surface area contributed by atoms with E-state index in [2.05, 4.69) is 32.9 Å². The van der Waals surface area contributed by atoms with Crippen molar-refractivity contribution in [2.24, 2.45) is 5.92 Å². The molecule has 0 aliphatic carbocycles. The highest BCUT2D eigenvalue weighted by Crippen LogP contribution is 2.27. The minimum atomic E-state index is 0.364. The molecule has 96 valence electrons. The van der Waals surface area contributed by atoms with Gasteiger partial charge in [-0.15, -0.1) is 0 Å². The summed E-state index contributed by atoms with van der Waals surface area (Å²) in [6.07, 6.45) is 6.45. The zero-order valence-corrected chi connectivity index (χ0v) is 11.4. The Hall–Kier alpha value is -0.980. The highest BCUT2D eigenvalue weighted by molar-refractivity contribution is 5.28. The van der Waals surface area contributed by atoms with Crippen LogP contribution in [0.2, 0.25) is 0 Å². The second-order valence-corrected chi connectivity index (χ2v) is 5.38. The largest absolute Gasteiger partial charge is 0.508 e. The Bertz CT molecular complexity index is 300. The van der Waals surface area contributed by atoms with Crippen molar-refractivity contribution in [2.75, 3.05) is 0 Å². The third kappa shape index (κ3) is 5.25. The molecule has 1 unspecified atom stereocenters. The Morgan fingerprint density at radius 3 is 2.12 bits per heavy atom. The minimum Gasteiger partial charge on any atom is -0.508 e. The second-order valence-electron chi connectivity index (χ2n) is 5.38. The first kappa shape index (κ1) is 14.1. The van der Waals surface area contributed by atoms with Gasteiger partial charge < -0.3 is 5.11 Å². The van der Waals surface area contributed by atoms with Gasteiger partial charge in [0.05, 0.1) is 0 Å². The van der Waals surface area contributed by atoms with Crippen LogP contribution in [0.3, 0.4) is 0 Å². The molecule has 1 atom stereocenters. The van der Waals surface area contributed by atoms with Gasteiger partial charge in [-0.2, -0.15) is 0 Å². The lowest BCUT2D eigenvalue weighted by molar-refractivity contribution is 0.473. The van der Waals surface area contributed by atoms with Crippen LogP contribution in [0.15, 0.2) is 24.3 Å². The summed E-state index contributed by atoms with van der Waals surface area (Å²) in [5.41, 5.74) is 1.37. The fraction of sp³-hybridized carbons (Fsp3) is 0.625. The number of rotatable bonds is 7. The van der Waals surface area contributed by atoms with Gasteiger partial charge in [0, 0.05) is 0 Å². The molecule has 1 heteroatoms. The summed E-state index contributed by atoms with van der Waals surface area (Å²) in [4.78, 5) is 0. The van der Waals surface area contributed by atoms with E-state index in [1.54, 1.807) is 12.1 Å². The molecule has 0 saturated carbocycles. The highest BCUT2D eigenvalue weighted by atomic mass is 16.3. The molecule has 0 amide bonds. The van der Waals surface area contributed by atoms with Crippen molar-refractivity contribution in [3.8, 4) is 5.75 Å². The number of phenolic OH excluding ortho intramolecular Hbond substituents is 1. The summed E-state index contributed by atoms with van der Waals surface area (Å²) in [5.74, 6) is 1.84. The Labute approximate surface area is 106 Å². The second kappa shape index (κ2) is 7.37. The van der Waals surface area contributed by atoms with Crippen LogP contribution in [0.5, 0.6) is 5.75 Å². The first-order valence-electron chi connectivity index (χ1n) is 6.92. The van der Waals surface area contributed by atoms with Crippen LogP contribution in [-0.4, -0.2) is 5.11 Å². The topological polar surface area (TPSA) is 20.2 Å². The number of unbranched alkanes of at least 4 members (excludes halogenated alkanes) is 1. The van der Waals surface area contributed by atoms with Crippen LogP contribution < -0.4 is 0 Å². The van der Waals surface area contributed by atoms with Gasteiger partial charge in [-0.05, 0) is 42.4 Å². The van der Waals surface area contributed by atoms with Crippen LogP contribution in [0.25, 0.3) is 0 Å². The average molecular weight is 234 g/mol. The molecular formula is C16H26O. The highest BCUT2D eigenvalue weighted by Gasteiger charge is 2.09. The molecule has 0 saturated heterocycles. The Morgan fingerprint density at radius 2 is 1.59 bits per heavy atom. The van der Waals surface area contributed by atoms with Crippen molar-refractivity contribution in [3.05, 3.63) is 29.8 Å². The van der Waals surface area contributed by atoms with Gasteiger partial charge in [-0.1, -0.05) is 52.2 Å². The maximum Gasteiger partial charge on any atom is 0.115 e. The van der Waals surface area contributed by atoms with Crippen molar-refractivity contribution in [1.82, 2.24) is 0 Å². The van der Waals surface area contributed by atoms with Gasteiger partial charge >= 0.3 is 0 Å². The molecule has 1 aromatic carbocycles. The third-order valence-corrected chi connectivity index (χ3v) is 3.44. The number of hydrogen-bond donors (Lipinski definition) is 1. The Morgan fingerprint density at radius 1 is 1.00 bits per heavy atom. The predicted molar refractivity (Wildman–Crippen MR) is 74.4 cm³/mol. The number of phenols is 1. The summed E-state index contributed by atoms with van der Waals surface area (Å²) in [6.45, 7) is 6.83. The van der Waals surface area contributed by atoms with E-state index < -0.39 is 0 Å². The van der Waals surface area contributed by atoms with Crippen LogP contribution in [0.1, 0.15) is 64.4 Å². The summed E-state index contributed by atoms with van der Waals surface area (Å²) in [5, 5.41) is 9.29. The van der Waals surface area contributed by atoms with E-state index in [9.17, 15) is 5.11 Å². The normalized spacial score (nSPS) is 12.9. The molecule has 0 aliphatic rings. The maximum absolute atomic E-state index is 9.29. The smallest absolute Gasteiger partial charge is 0.115 e. The van der Waals surface area contributed by atoms with E-state index in [1.807, 2.05) is 0 Å². The lowest BCUT2D eigenvalue weighted by Crippen LogP contribution is -1.98. The standard InChI is InChI=1S/C16H26O/c1-4-14(8-6-5-7-13(2)3)15-9-11-16(17)12-10-15/h9-14,17H,4-8H2,1-3H3. The van der Waals surface area contributed by atoms with Crippen molar-refractivity contribution in [2.45, 2.75) is 58.8 Å². The van der Waals surface area contributed by atoms with Gasteiger partial charge in [0.1, 0.15) is 5.75 Å². The summed E-state index contributed by atoms with van der Waals surface area (Å²) >= 11 is 0. The van der Waals surface area contributed by atoms with Crippen LogP contribution in [0, 0.1) is 5.92 Å². The first-order chi connectivity index (χ1) is 8.13. The molecule has 0 aromatic heterocycles. The van der Waals surface area contributed by atoms with Gasteiger partial charge in [0.25, 0.3) is 0 Å². The van der Waals surface area contributed by atoms with E-state index in [1.165, 1.54) is 37.7 Å². The molecule has 0 heterocycles. The summed E-state index contributed by atoms with van der Waals surface area (Å²) in [6, 6.07) is 7.72.